The van der Waals surface area contributed by atoms with E-state index in [1.165, 1.54) is 0 Å². The molecule has 0 bridgehead atoms. The van der Waals surface area contributed by atoms with Gasteiger partial charge in [-0.3, -0.25) is 9.59 Å². The number of aliphatic carboxylic acids is 1. The van der Waals surface area contributed by atoms with Crippen molar-refractivity contribution in [2.45, 2.75) is 38.1 Å². The van der Waals surface area contributed by atoms with Crippen LogP contribution in [0.25, 0.3) is 0 Å². The molecule has 2 rings (SSSR count). The van der Waals surface area contributed by atoms with Crippen LogP contribution in [0.15, 0.2) is 0 Å². The van der Waals surface area contributed by atoms with Gasteiger partial charge < -0.3 is 21.1 Å². The molecular weight excluding hydrogens is 250 g/mol. The third-order valence-electron chi connectivity index (χ3n) is 3.91. The van der Waals surface area contributed by atoms with Gasteiger partial charge in [0.05, 0.1) is 11.5 Å². The fraction of sp³-hybridized carbons (Fsp3) is 0.750. The number of urea groups is 1. The highest BCUT2D eigenvalue weighted by Gasteiger charge is 2.41. The highest BCUT2D eigenvalue weighted by molar-refractivity contribution is 5.82. The molecule has 106 valence electrons. The molecule has 7 nitrogen and oxygen atoms in total. The maximum Gasteiger partial charge on any atom is 0.315 e. The molecule has 7 heteroatoms. The average Bonchev–Trinajstić information content (AvgIpc) is 2.97. The predicted octanol–water partition coefficient (Wildman–Crippen LogP) is -0.181. The van der Waals surface area contributed by atoms with Crippen molar-refractivity contribution in [2.75, 3.05) is 13.1 Å². The second kappa shape index (κ2) is 5.46. The molecule has 19 heavy (non-hydrogen) atoms. The van der Waals surface area contributed by atoms with Crippen LogP contribution in [0.5, 0.6) is 0 Å². The Morgan fingerprint density at radius 2 is 2.05 bits per heavy atom. The van der Waals surface area contributed by atoms with Crippen molar-refractivity contribution < 1.29 is 19.5 Å². The Morgan fingerprint density at radius 1 is 1.37 bits per heavy atom. The second-order valence-electron chi connectivity index (χ2n) is 5.32. The average molecular weight is 269 g/mol. The van der Waals surface area contributed by atoms with E-state index in [0.717, 1.165) is 12.8 Å². The minimum Gasteiger partial charge on any atom is -0.481 e. The lowest BCUT2D eigenvalue weighted by Crippen LogP contribution is -2.48. The molecule has 1 heterocycles. The quantitative estimate of drug-likeness (QED) is 0.567. The zero-order valence-corrected chi connectivity index (χ0v) is 10.7. The number of carbonyl (C=O) groups excluding carboxylic acids is 2. The molecule has 1 saturated heterocycles. The Bertz CT molecular complexity index is 390. The normalized spacial score (nSPS) is 24.8. The lowest BCUT2D eigenvalue weighted by molar-refractivity contribution is -0.148. The molecule has 0 aromatic rings. The van der Waals surface area contributed by atoms with Crippen molar-refractivity contribution >= 4 is 17.9 Å². The molecule has 2 fully saturated rings. The van der Waals surface area contributed by atoms with Crippen molar-refractivity contribution in [2.24, 2.45) is 5.41 Å². The van der Waals surface area contributed by atoms with Crippen molar-refractivity contribution in [1.29, 1.82) is 0 Å². The van der Waals surface area contributed by atoms with Gasteiger partial charge in [-0.25, -0.2) is 4.79 Å². The summed E-state index contributed by atoms with van der Waals surface area (Å²) in [5.74, 6) is -0.925. The van der Waals surface area contributed by atoms with Crippen LogP contribution < -0.4 is 16.0 Å². The third-order valence-corrected chi connectivity index (χ3v) is 3.91. The molecule has 0 aromatic carbocycles. The van der Waals surface area contributed by atoms with Gasteiger partial charge in [0.1, 0.15) is 0 Å². The summed E-state index contributed by atoms with van der Waals surface area (Å²) in [4.78, 5) is 34.0. The van der Waals surface area contributed by atoms with Gasteiger partial charge in [0.2, 0.25) is 5.91 Å². The molecule has 0 aromatic heterocycles. The van der Waals surface area contributed by atoms with E-state index in [9.17, 15) is 19.5 Å². The number of carbonyl (C=O) groups is 3. The minimum atomic E-state index is -0.844. The number of rotatable bonds is 4. The van der Waals surface area contributed by atoms with Crippen LogP contribution >= 0.6 is 0 Å². The summed E-state index contributed by atoms with van der Waals surface area (Å²) in [6.45, 7) is 0.568. The molecule has 1 aliphatic heterocycles. The summed E-state index contributed by atoms with van der Waals surface area (Å²) in [6, 6.07) is -0.620. The van der Waals surface area contributed by atoms with E-state index in [2.05, 4.69) is 16.0 Å². The van der Waals surface area contributed by atoms with E-state index in [1.807, 2.05) is 0 Å². The van der Waals surface area contributed by atoms with Crippen LogP contribution in [0.2, 0.25) is 0 Å². The Kier molecular flexibility index (Phi) is 3.92. The van der Waals surface area contributed by atoms with E-state index in [1.54, 1.807) is 0 Å². The van der Waals surface area contributed by atoms with Crippen LogP contribution in [0.4, 0.5) is 4.79 Å². The Balaban J connectivity index is 1.79. The number of nitrogens with one attached hydrogen (secondary N) is 3. The van der Waals surface area contributed by atoms with Crippen molar-refractivity contribution in [3.8, 4) is 0 Å². The Morgan fingerprint density at radius 3 is 2.58 bits per heavy atom. The van der Waals surface area contributed by atoms with Crippen LogP contribution in [0.1, 0.15) is 32.1 Å². The number of hydrogen-bond acceptors (Lipinski definition) is 3. The van der Waals surface area contributed by atoms with Gasteiger partial charge in [-0.1, -0.05) is 12.8 Å². The minimum absolute atomic E-state index is 0.0805. The first kappa shape index (κ1) is 13.6. The number of amides is 3. The highest BCUT2D eigenvalue weighted by atomic mass is 16.4. The van der Waals surface area contributed by atoms with E-state index in [0.29, 0.717) is 19.4 Å². The van der Waals surface area contributed by atoms with Crippen molar-refractivity contribution in [1.82, 2.24) is 16.0 Å². The molecule has 2 aliphatic rings. The molecule has 0 radical (unpaired) electrons. The van der Waals surface area contributed by atoms with Gasteiger partial charge in [0.15, 0.2) is 0 Å². The fourth-order valence-corrected chi connectivity index (χ4v) is 2.71. The smallest absolute Gasteiger partial charge is 0.315 e. The summed E-state index contributed by atoms with van der Waals surface area (Å²) in [5.41, 5.74) is -0.818. The van der Waals surface area contributed by atoms with E-state index >= 15 is 0 Å². The third kappa shape index (κ3) is 3.15. The maximum atomic E-state index is 11.7. The van der Waals surface area contributed by atoms with Gasteiger partial charge in [-0.2, -0.15) is 0 Å². The summed E-state index contributed by atoms with van der Waals surface area (Å²) in [6.07, 6.45) is 3.25. The molecule has 1 saturated carbocycles. The van der Waals surface area contributed by atoms with Crippen LogP contribution in [0.3, 0.4) is 0 Å². The molecule has 1 atom stereocenters. The molecular formula is C12H19N3O4. The van der Waals surface area contributed by atoms with E-state index in [-0.39, 0.29) is 24.9 Å². The van der Waals surface area contributed by atoms with Gasteiger partial charge in [-0.05, 0) is 12.8 Å². The van der Waals surface area contributed by atoms with Crippen LogP contribution in [-0.2, 0) is 9.59 Å². The summed E-state index contributed by atoms with van der Waals surface area (Å²) < 4.78 is 0. The van der Waals surface area contributed by atoms with Crippen molar-refractivity contribution in [3.05, 3.63) is 0 Å². The fourth-order valence-electron chi connectivity index (χ4n) is 2.71. The molecule has 4 N–H and O–H groups in total. The van der Waals surface area contributed by atoms with Crippen molar-refractivity contribution in [3.63, 3.8) is 0 Å². The lowest BCUT2D eigenvalue weighted by Gasteiger charge is -2.24. The first-order valence-electron chi connectivity index (χ1n) is 6.56. The molecule has 1 unspecified atom stereocenters. The predicted molar refractivity (Wildman–Crippen MR) is 66.5 cm³/mol. The number of carboxylic acids is 1. The SMILES string of the molecule is O=C1CC(NC(=O)NCC2(C(=O)O)CCCC2)CN1. The molecule has 1 aliphatic carbocycles. The summed E-state index contributed by atoms with van der Waals surface area (Å²) in [5, 5.41) is 17.2. The lowest BCUT2D eigenvalue weighted by atomic mass is 9.86. The first-order chi connectivity index (χ1) is 9.02. The van der Waals surface area contributed by atoms with Crippen LogP contribution in [0, 0.1) is 5.41 Å². The molecule has 0 spiro atoms. The van der Waals surface area contributed by atoms with Gasteiger partial charge in [0, 0.05) is 19.5 Å². The summed E-state index contributed by atoms with van der Waals surface area (Å²) >= 11 is 0. The van der Waals surface area contributed by atoms with Gasteiger partial charge in [-0.15, -0.1) is 0 Å². The Labute approximate surface area is 111 Å². The monoisotopic (exact) mass is 269 g/mol. The number of carboxylic acid groups (broad SMARTS) is 1. The first-order valence-corrected chi connectivity index (χ1v) is 6.56. The second-order valence-corrected chi connectivity index (χ2v) is 5.32. The Hall–Kier alpha value is -1.79. The zero-order chi connectivity index (χ0) is 13.9. The zero-order valence-electron chi connectivity index (χ0n) is 10.7. The molecule has 3 amide bonds. The van der Waals surface area contributed by atoms with Gasteiger partial charge in [0.25, 0.3) is 0 Å². The maximum absolute atomic E-state index is 11.7. The van der Waals surface area contributed by atoms with E-state index in [4.69, 9.17) is 0 Å². The van der Waals surface area contributed by atoms with Gasteiger partial charge >= 0.3 is 12.0 Å². The summed E-state index contributed by atoms with van der Waals surface area (Å²) in [7, 11) is 0. The highest BCUT2D eigenvalue weighted by Crippen LogP contribution is 2.37. The largest absolute Gasteiger partial charge is 0.481 e. The van der Waals surface area contributed by atoms with Crippen LogP contribution in [-0.4, -0.2) is 42.1 Å². The standard InChI is InChI=1S/C12H19N3O4/c16-9-5-8(6-13-9)15-11(19)14-7-12(10(17)18)3-1-2-4-12/h8H,1-7H2,(H,13,16)(H,17,18)(H2,14,15,19). The van der Waals surface area contributed by atoms with E-state index < -0.39 is 17.4 Å². The topological polar surface area (TPSA) is 108 Å². The number of hydrogen-bond donors (Lipinski definition) is 4.